The van der Waals surface area contributed by atoms with Crippen LogP contribution in [-0.2, 0) is 0 Å². The lowest BCUT2D eigenvalue weighted by Gasteiger charge is -2.19. The van der Waals surface area contributed by atoms with Crippen molar-refractivity contribution in [2.45, 2.75) is 0 Å². The zero-order chi connectivity index (χ0) is 28.7. The van der Waals surface area contributed by atoms with Crippen molar-refractivity contribution in [2.24, 2.45) is 0 Å². The van der Waals surface area contributed by atoms with E-state index < -0.39 is 0 Å². The van der Waals surface area contributed by atoms with Crippen LogP contribution in [0.25, 0.3) is 33.4 Å². The third-order valence-corrected chi connectivity index (χ3v) is 7.22. The summed E-state index contributed by atoms with van der Waals surface area (Å²) >= 11 is 0. The molecule has 0 bridgehead atoms. The number of benzene rings is 6. The first kappa shape index (κ1) is 26.7. The van der Waals surface area contributed by atoms with Crippen LogP contribution < -0.4 is 20.1 Å². The predicted molar refractivity (Wildman–Crippen MR) is 175 cm³/mol. The van der Waals surface area contributed by atoms with Crippen LogP contribution >= 0.6 is 0 Å². The second-order valence-corrected chi connectivity index (χ2v) is 9.97. The highest BCUT2D eigenvalue weighted by Gasteiger charge is 2.16. The van der Waals surface area contributed by atoms with E-state index in [-0.39, 0.29) is 0 Å². The van der Waals surface area contributed by atoms with Crippen molar-refractivity contribution in [1.29, 1.82) is 0 Å². The average molecular weight is 549 g/mol. The largest absolute Gasteiger partial charge is 0.497 e. The van der Waals surface area contributed by atoms with Crippen molar-refractivity contribution in [3.05, 3.63) is 146 Å². The van der Waals surface area contributed by atoms with Crippen LogP contribution in [0.5, 0.6) is 11.5 Å². The van der Waals surface area contributed by atoms with E-state index >= 15 is 0 Å². The molecule has 6 aromatic carbocycles. The summed E-state index contributed by atoms with van der Waals surface area (Å²) in [6, 6.07) is 50.0. The van der Waals surface area contributed by atoms with Gasteiger partial charge >= 0.3 is 0 Å². The molecule has 2 N–H and O–H groups in total. The molecule has 6 rings (SSSR count). The average Bonchev–Trinajstić information content (AvgIpc) is 3.06. The molecule has 0 aliphatic carbocycles. The Morgan fingerprint density at radius 2 is 0.786 bits per heavy atom. The van der Waals surface area contributed by atoms with Gasteiger partial charge in [0.15, 0.2) is 0 Å². The van der Waals surface area contributed by atoms with E-state index in [1.54, 1.807) is 14.2 Å². The molecular weight excluding hydrogens is 516 g/mol. The SMILES string of the molecule is COc1cccc(-c2cc(Nc3ccccc3)ccc2-c2ccc(Nc3ccccc3)cc2-c2cccc(OC)c2)c1. The van der Waals surface area contributed by atoms with Crippen LogP contribution in [0.15, 0.2) is 146 Å². The van der Waals surface area contributed by atoms with Gasteiger partial charge in [-0.15, -0.1) is 0 Å². The minimum absolute atomic E-state index is 0.815. The quantitative estimate of drug-likeness (QED) is 0.189. The molecule has 6 aromatic rings. The Labute approximate surface area is 247 Å². The lowest BCUT2D eigenvalue weighted by molar-refractivity contribution is 0.415. The standard InChI is InChI=1S/C38H32N2O2/c1-41-33-17-9-11-27(23-33)37-25-31(39-29-13-5-3-6-14-29)19-21-35(37)36-22-20-32(40-30-15-7-4-8-16-30)26-38(36)28-12-10-18-34(24-28)42-2/h3-26,39-40H,1-2H3. The summed E-state index contributed by atoms with van der Waals surface area (Å²) in [6.07, 6.45) is 0. The minimum Gasteiger partial charge on any atom is -0.497 e. The van der Waals surface area contributed by atoms with Crippen LogP contribution in [-0.4, -0.2) is 14.2 Å². The summed E-state index contributed by atoms with van der Waals surface area (Å²) in [5.41, 5.74) is 10.7. The number of hydrogen-bond acceptors (Lipinski definition) is 4. The Kier molecular flexibility index (Phi) is 7.87. The summed E-state index contributed by atoms with van der Waals surface area (Å²) in [4.78, 5) is 0. The second-order valence-electron chi connectivity index (χ2n) is 9.97. The van der Waals surface area contributed by atoms with Crippen LogP contribution in [0.4, 0.5) is 22.7 Å². The molecule has 0 saturated heterocycles. The van der Waals surface area contributed by atoms with Gasteiger partial charge in [0, 0.05) is 22.7 Å². The van der Waals surface area contributed by atoms with E-state index in [1.807, 2.05) is 60.7 Å². The highest BCUT2D eigenvalue weighted by atomic mass is 16.5. The molecule has 0 saturated carbocycles. The number of hydrogen-bond donors (Lipinski definition) is 2. The second kappa shape index (κ2) is 12.4. The number of anilines is 4. The topological polar surface area (TPSA) is 42.5 Å². The predicted octanol–water partition coefficient (Wildman–Crippen LogP) is 10.2. The number of methoxy groups -OCH3 is 2. The number of para-hydroxylation sites is 2. The Balaban J connectivity index is 1.52. The van der Waals surface area contributed by atoms with E-state index in [0.717, 1.165) is 67.6 Å². The molecule has 0 aliphatic heterocycles. The number of ether oxygens (including phenoxy) is 2. The maximum Gasteiger partial charge on any atom is 0.119 e. The van der Waals surface area contributed by atoms with E-state index in [1.165, 1.54) is 0 Å². The zero-order valence-corrected chi connectivity index (χ0v) is 23.7. The van der Waals surface area contributed by atoms with Gasteiger partial charge in [-0.1, -0.05) is 72.8 Å². The van der Waals surface area contributed by atoms with Gasteiger partial charge in [0.05, 0.1) is 14.2 Å². The Bertz CT molecular complexity index is 1670. The smallest absolute Gasteiger partial charge is 0.119 e. The summed E-state index contributed by atoms with van der Waals surface area (Å²) in [7, 11) is 3.40. The van der Waals surface area contributed by atoms with Gasteiger partial charge in [0.1, 0.15) is 11.5 Å². The van der Waals surface area contributed by atoms with Crippen molar-refractivity contribution < 1.29 is 9.47 Å². The fraction of sp³-hybridized carbons (Fsp3) is 0.0526. The summed E-state index contributed by atoms with van der Waals surface area (Å²) in [5, 5.41) is 7.12. The maximum absolute atomic E-state index is 5.60. The van der Waals surface area contributed by atoms with Crippen molar-refractivity contribution in [2.75, 3.05) is 24.9 Å². The highest BCUT2D eigenvalue weighted by molar-refractivity contribution is 5.94. The maximum atomic E-state index is 5.60. The van der Waals surface area contributed by atoms with E-state index in [2.05, 4.69) is 95.6 Å². The monoisotopic (exact) mass is 548 g/mol. The lowest BCUT2D eigenvalue weighted by Crippen LogP contribution is -1.96. The minimum atomic E-state index is 0.815. The molecule has 0 unspecified atom stereocenters. The fourth-order valence-corrected chi connectivity index (χ4v) is 5.15. The van der Waals surface area contributed by atoms with Crippen LogP contribution in [0.1, 0.15) is 0 Å². The third kappa shape index (κ3) is 5.98. The molecule has 0 fully saturated rings. The van der Waals surface area contributed by atoms with Gasteiger partial charge in [-0.05, 0) is 106 Å². The van der Waals surface area contributed by atoms with Crippen LogP contribution in [0, 0.1) is 0 Å². The van der Waals surface area contributed by atoms with E-state index in [9.17, 15) is 0 Å². The van der Waals surface area contributed by atoms with Gasteiger partial charge < -0.3 is 20.1 Å². The number of rotatable bonds is 9. The molecule has 0 aromatic heterocycles. The van der Waals surface area contributed by atoms with Crippen molar-refractivity contribution in [3.8, 4) is 44.9 Å². The molecule has 0 atom stereocenters. The van der Waals surface area contributed by atoms with Gasteiger partial charge in [-0.2, -0.15) is 0 Å². The van der Waals surface area contributed by atoms with Crippen molar-refractivity contribution in [1.82, 2.24) is 0 Å². The fourth-order valence-electron chi connectivity index (χ4n) is 5.15. The van der Waals surface area contributed by atoms with Gasteiger partial charge in [0.2, 0.25) is 0 Å². The van der Waals surface area contributed by atoms with Gasteiger partial charge in [-0.3, -0.25) is 0 Å². The molecule has 4 nitrogen and oxygen atoms in total. The third-order valence-electron chi connectivity index (χ3n) is 7.22. The first-order valence-electron chi connectivity index (χ1n) is 13.9. The van der Waals surface area contributed by atoms with E-state index in [4.69, 9.17) is 9.47 Å². The molecule has 206 valence electrons. The Hall–Kier alpha value is -5.48. The van der Waals surface area contributed by atoms with Crippen LogP contribution in [0.3, 0.4) is 0 Å². The first-order valence-corrected chi connectivity index (χ1v) is 13.9. The molecule has 0 amide bonds. The first-order chi connectivity index (χ1) is 20.7. The molecule has 0 radical (unpaired) electrons. The normalized spacial score (nSPS) is 10.6. The zero-order valence-electron chi connectivity index (χ0n) is 23.7. The molecule has 0 aliphatic rings. The van der Waals surface area contributed by atoms with Crippen molar-refractivity contribution >= 4 is 22.7 Å². The molecule has 4 heteroatoms. The number of nitrogens with one attached hydrogen (secondary N) is 2. The molecule has 42 heavy (non-hydrogen) atoms. The van der Waals surface area contributed by atoms with E-state index in [0.29, 0.717) is 0 Å². The van der Waals surface area contributed by atoms with Crippen molar-refractivity contribution in [3.63, 3.8) is 0 Å². The summed E-state index contributed by atoms with van der Waals surface area (Å²) in [5.74, 6) is 1.63. The van der Waals surface area contributed by atoms with Crippen LogP contribution in [0.2, 0.25) is 0 Å². The molecular formula is C38H32N2O2. The van der Waals surface area contributed by atoms with Gasteiger partial charge in [-0.25, -0.2) is 0 Å². The van der Waals surface area contributed by atoms with Gasteiger partial charge in [0.25, 0.3) is 0 Å². The lowest BCUT2D eigenvalue weighted by atomic mass is 9.88. The Morgan fingerprint density at radius 3 is 1.19 bits per heavy atom. The molecule has 0 spiro atoms. The molecule has 0 heterocycles. The summed E-state index contributed by atoms with van der Waals surface area (Å²) < 4.78 is 11.2. The summed E-state index contributed by atoms with van der Waals surface area (Å²) in [6.45, 7) is 0. The Morgan fingerprint density at radius 1 is 0.357 bits per heavy atom. The highest BCUT2D eigenvalue weighted by Crippen LogP contribution is 2.42.